The predicted molar refractivity (Wildman–Crippen MR) is 88.1 cm³/mol. The van der Waals surface area contributed by atoms with Crippen LogP contribution in [-0.2, 0) is 11.2 Å². The largest absolute Gasteiger partial charge is 0.474 e. The highest BCUT2D eigenvalue weighted by atomic mass is 19.1. The average molecular weight is 306 g/mol. The summed E-state index contributed by atoms with van der Waals surface area (Å²) >= 11 is 0. The van der Waals surface area contributed by atoms with Gasteiger partial charge in [0.25, 0.3) is 0 Å². The number of aromatic nitrogens is 1. The summed E-state index contributed by atoms with van der Waals surface area (Å²) in [6, 6.07) is 17.6. The van der Waals surface area contributed by atoms with Gasteiger partial charge in [-0.25, -0.2) is 14.4 Å². The Labute approximate surface area is 133 Å². The first-order chi connectivity index (χ1) is 11.3. The summed E-state index contributed by atoms with van der Waals surface area (Å²) in [6.45, 7) is 0.457. The number of fused-ring (bicyclic) bond motifs is 1. The number of hydrogen-bond acceptors (Lipinski definition) is 3. The van der Waals surface area contributed by atoms with Gasteiger partial charge in [0, 0.05) is 6.20 Å². The number of nitrogens with zero attached hydrogens (tertiary/aromatic N) is 2. The Kier molecular flexibility index (Phi) is 3.50. The number of hydrogen-bond donors (Lipinski definition) is 0. The van der Waals surface area contributed by atoms with Crippen LogP contribution in [0.5, 0.6) is 0 Å². The van der Waals surface area contributed by atoms with E-state index in [0.29, 0.717) is 12.5 Å². The SMILES string of the molecule is Fc1cccnc1C1=N[C@H](Cc2ccc3ccccc3c2)CO1. The lowest BCUT2D eigenvalue weighted by Crippen LogP contribution is -2.10. The van der Waals surface area contributed by atoms with Crippen molar-refractivity contribution in [2.24, 2.45) is 4.99 Å². The van der Waals surface area contributed by atoms with Crippen molar-refractivity contribution in [3.63, 3.8) is 0 Å². The molecule has 4 heteroatoms. The van der Waals surface area contributed by atoms with Crippen molar-refractivity contribution < 1.29 is 9.13 Å². The lowest BCUT2D eigenvalue weighted by molar-refractivity contribution is 0.315. The van der Waals surface area contributed by atoms with Crippen molar-refractivity contribution in [1.82, 2.24) is 4.98 Å². The third kappa shape index (κ3) is 2.80. The summed E-state index contributed by atoms with van der Waals surface area (Å²) in [5.41, 5.74) is 1.39. The summed E-state index contributed by atoms with van der Waals surface area (Å²) < 4.78 is 19.3. The van der Waals surface area contributed by atoms with Crippen LogP contribution in [0.3, 0.4) is 0 Å². The first kappa shape index (κ1) is 13.9. The molecule has 0 bridgehead atoms. The maximum atomic E-state index is 13.7. The van der Waals surface area contributed by atoms with Crippen LogP contribution >= 0.6 is 0 Å². The van der Waals surface area contributed by atoms with E-state index >= 15 is 0 Å². The molecule has 3 aromatic rings. The topological polar surface area (TPSA) is 34.5 Å². The molecule has 1 aliphatic heterocycles. The summed E-state index contributed by atoms with van der Waals surface area (Å²) in [5.74, 6) is -0.105. The smallest absolute Gasteiger partial charge is 0.238 e. The van der Waals surface area contributed by atoms with E-state index in [1.807, 2.05) is 12.1 Å². The van der Waals surface area contributed by atoms with Gasteiger partial charge in [-0.15, -0.1) is 0 Å². The Morgan fingerprint density at radius 2 is 1.91 bits per heavy atom. The highest BCUT2D eigenvalue weighted by Gasteiger charge is 2.23. The van der Waals surface area contributed by atoms with Crippen LogP contribution in [0, 0.1) is 5.82 Å². The van der Waals surface area contributed by atoms with Crippen LogP contribution in [0.1, 0.15) is 11.3 Å². The van der Waals surface area contributed by atoms with Gasteiger partial charge >= 0.3 is 0 Å². The van der Waals surface area contributed by atoms with E-state index in [1.165, 1.54) is 22.4 Å². The van der Waals surface area contributed by atoms with E-state index in [4.69, 9.17) is 4.74 Å². The summed E-state index contributed by atoms with van der Waals surface area (Å²) in [5, 5.41) is 2.43. The molecule has 0 amide bonds. The van der Waals surface area contributed by atoms with E-state index in [0.717, 1.165) is 6.42 Å². The molecule has 0 spiro atoms. The Bertz CT molecular complexity index is 891. The molecule has 0 unspecified atom stereocenters. The molecule has 0 aliphatic carbocycles. The Balaban J connectivity index is 1.56. The van der Waals surface area contributed by atoms with Crippen molar-refractivity contribution in [2.45, 2.75) is 12.5 Å². The lowest BCUT2D eigenvalue weighted by Gasteiger charge is -2.06. The molecule has 0 radical (unpaired) electrons. The molecule has 0 fully saturated rings. The minimum atomic E-state index is -0.405. The van der Waals surface area contributed by atoms with E-state index in [2.05, 4.69) is 40.3 Å². The first-order valence-corrected chi connectivity index (χ1v) is 7.59. The van der Waals surface area contributed by atoms with Crippen LogP contribution < -0.4 is 0 Å². The third-order valence-electron chi connectivity index (χ3n) is 3.96. The second-order valence-corrected chi connectivity index (χ2v) is 5.62. The average Bonchev–Trinajstić information content (AvgIpc) is 3.03. The minimum absolute atomic E-state index is 0.00688. The number of aliphatic imine (C=N–C) groups is 1. The molecular formula is C19H15FN2O. The van der Waals surface area contributed by atoms with Gasteiger partial charge in [0.05, 0.1) is 6.04 Å². The van der Waals surface area contributed by atoms with E-state index in [-0.39, 0.29) is 11.7 Å². The van der Waals surface area contributed by atoms with Gasteiger partial charge in [-0.1, -0.05) is 42.5 Å². The van der Waals surface area contributed by atoms with Crippen molar-refractivity contribution >= 4 is 16.7 Å². The zero-order valence-corrected chi connectivity index (χ0v) is 12.4. The normalized spacial score (nSPS) is 17.1. The Hall–Kier alpha value is -2.75. The van der Waals surface area contributed by atoms with Crippen molar-refractivity contribution in [3.05, 3.63) is 77.9 Å². The summed E-state index contributed by atoms with van der Waals surface area (Å²) in [6.07, 6.45) is 2.31. The third-order valence-corrected chi connectivity index (χ3v) is 3.96. The Morgan fingerprint density at radius 1 is 1.04 bits per heavy atom. The molecule has 1 aliphatic rings. The van der Waals surface area contributed by atoms with Crippen LogP contribution in [0.4, 0.5) is 4.39 Å². The van der Waals surface area contributed by atoms with Crippen molar-refractivity contribution in [3.8, 4) is 0 Å². The Morgan fingerprint density at radius 3 is 2.78 bits per heavy atom. The quantitative estimate of drug-likeness (QED) is 0.738. The molecule has 2 aromatic carbocycles. The lowest BCUT2D eigenvalue weighted by atomic mass is 10.0. The second-order valence-electron chi connectivity index (χ2n) is 5.62. The van der Waals surface area contributed by atoms with Gasteiger partial charge in [-0.2, -0.15) is 0 Å². The monoisotopic (exact) mass is 306 g/mol. The standard InChI is InChI=1S/C19H15FN2O/c20-17-6-3-9-21-18(17)19-22-16(12-23-19)11-13-7-8-14-4-1-2-5-15(14)10-13/h1-10,16H,11-12H2/t16-/m1/s1. The molecule has 23 heavy (non-hydrogen) atoms. The molecule has 4 rings (SSSR count). The maximum absolute atomic E-state index is 13.7. The van der Waals surface area contributed by atoms with Gasteiger partial charge in [-0.05, 0) is 34.9 Å². The first-order valence-electron chi connectivity index (χ1n) is 7.59. The molecular weight excluding hydrogens is 291 g/mol. The van der Waals surface area contributed by atoms with Gasteiger partial charge in [0.2, 0.25) is 5.90 Å². The van der Waals surface area contributed by atoms with Crippen molar-refractivity contribution in [2.75, 3.05) is 6.61 Å². The fourth-order valence-corrected chi connectivity index (χ4v) is 2.83. The van der Waals surface area contributed by atoms with Gasteiger partial charge in [0.15, 0.2) is 11.5 Å². The molecule has 0 saturated heterocycles. The van der Waals surface area contributed by atoms with Crippen LogP contribution in [-0.4, -0.2) is 23.5 Å². The molecule has 114 valence electrons. The van der Waals surface area contributed by atoms with Gasteiger partial charge in [0.1, 0.15) is 6.61 Å². The summed E-state index contributed by atoms with van der Waals surface area (Å²) in [7, 11) is 0. The van der Waals surface area contributed by atoms with E-state index in [9.17, 15) is 4.39 Å². The fourth-order valence-electron chi connectivity index (χ4n) is 2.83. The van der Waals surface area contributed by atoms with Crippen molar-refractivity contribution in [1.29, 1.82) is 0 Å². The zero-order chi connectivity index (χ0) is 15.6. The highest BCUT2D eigenvalue weighted by Crippen LogP contribution is 2.20. The molecule has 3 nitrogen and oxygen atoms in total. The van der Waals surface area contributed by atoms with Crippen LogP contribution in [0.2, 0.25) is 0 Å². The van der Waals surface area contributed by atoms with Gasteiger partial charge in [-0.3, -0.25) is 0 Å². The molecule has 0 saturated carbocycles. The van der Waals surface area contributed by atoms with Crippen LogP contribution in [0.15, 0.2) is 65.8 Å². The van der Waals surface area contributed by atoms with Gasteiger partial charge < -0.3 is 4.74 Å². The summed E-state index contributed by atoms with van der Waals surface area (Å²) in [4.78, 5) is 8.50. The van der Waals surface area contributed by atoms with Crippen LogP contribution in [0.25, 0.3) is 10.8 Å². The molecule has 1 atom stereocenters. The van der Waals surface area contributed by atoms with E-state index in [1.54, 1.807) is 12.3 Å². The number of ether oxygens (including phenoxy) is 1. The fraction of sp³-hybridized carbons (Fsp3) is 0.158. The number of rotatable bonds is 3. The number of pyridine rings is 1. The number of halogens is 1. The minimum Gasteiger partial charge on any atom is -0.474 e. The molecule has 0 N–H and O–H groups in total. The maximum Gasteiger partial charge on any atom is 0.238 e. The highest BCUT2D eigenvalue weighted by molar-refractivity contribution is 5.93. The second kappa shape index (κ2) is 5.80. The zero-order valence-electron chi connectivity index (χ0n) is 12.4. The molecule has 2 heterocycles. The number of benzene rings is 2. The van der Waals surface area contributed by atoms with E-state index < -0.39 is 5.82 Å². The predicted octanol–water partition coefficient (Wildman–Crippen LogP) is 3.76. The molecule has 1 aromatic heterocycles.